The fourth-order valence-corrected chi connectivity index (χ4v) is 15.8. The molecule has 0 amide bonds. The van der Waals surface area contributed by atoms with Crippen molar-refractivity contribution >= 4 is 17.1 Å². The molecule has 0 aliphatic heterocycles. The lowest BCUT2D eigenvalue weighted by Gasteiger charge is -2.46. The highest BCUT2D eigenvalue weighted by atomic mass is 15.1. The van der Waals surface area contributed by atoms with Crippen LogP contribution in [0.3, 0.4) is 0 Å². The van der Waals surface area contributed by atoms with Gasteiger partial charge >= 0.3 is 0 Å². The summed E-state index contributed by atoms with van der Waals surface area (Å²) in [5.74, 6) is 3.83. The summed E-state index contributed by atoms with van der Waals surface area (Å²) in [5, 5.41) is 0. The molecule has 7 aliphatic rings. The van der Waals surface area contributed by atoms with Crippen molar-refractivity contribution < 1.29 is 0 Å². The predicted molar refractivity (Wildman–Crippen MR) is 245 cm³/mol. The van der Waals surface area contributed by atoms with Crippen molar-refractivity contribution in [3.63, 3.8) is 0 Å². The van der Waals surface area contributed by atoms with Gasteiger partial charge in [-0.25, -0.2) is 0 Å². The number of hydrogen-bond donors (Lipinski definition) is 0. The lowest BCUT2D eigenvalue weighted by molar-refractivity contribution is 0.171. The number of anilines is 3. The van der Waals surface area contributed by atoms with Gasteiger partial charge in [0.05, 0.1) is 5.69 Å². The first-order chi connectivity index (χ1) is 28.9. The Bertz CT molecular complexity index is 2710. The molecular formula is C58H57N. The summed E-state index contributed by atoms with van der Waals surface area (Å²) in [7, 11) is 0. The molecule has 294 valence electrons. The number of nitrogens with zero attached hydrogens (tertiary/aromatic N) is 1. The molecule has 1 heteroatoms. The maximum atomic E-state index is 2.72. The van der Waals surface area contributed by atoms with Gasteiger partial charge < -0.3 is 4.90 Å². The first-order valence-corrected chi connectivity index (χ1v) is 23.4. The van der Waals surface area contributed by atoms with Crippen LogP contribution in [0.4, 0.5) is 17.1 Å². The summed E-state index contributed by atoms with van der Waals surface area (Å²) in [6.07, 6.45) is 15.0. The highest BCUT2D eigenvalue weighted by molar-refractivity contribution is 5.94. The zero-order valence-electron chi connectivity index (χ0n) is 35.2. The molecule has 7 unspecified atom stereocenters. The lowest BCUT2D eigenvalue weighted by atomic mass is 9.57. The topological polar surface area (TPSA) is 3.24 Å². The van der Waals surface area contributed by atoms with Crippen molar-refractivity contribution in [1.29, 1.82) is 0 Å². The van der Waals surface area contributed by atoms with Crippen molar-refractivity contribution in [2.24, 2.45) is 29.6 Å². The van der Waals surface area contributed by atoms with Gasteiger partial charge in [-0.1, -0.05) is 150 Å². The normalized spacial score (nSPS) is 29.4. The average molecular weight is 768 g/mol. The number of fused-ring (bicyclic) bond motifs is 19. The molecular weight excluding hydrogens is 711 g/mol. The standard InChI is InChI=1S/C58H57N/c1-4-38-25-23-36-13-11-14-40(31-36)58(38)52-21-10-7-15-43(52)46-29-27-42(34-53(46)58)59(54-22-12-18-47-44-16-5-8-19-49(44)56(2,3)55(47)54)41-28-30-51-48(33-41)45-17-6-9-20-50(45)57(51)35-37-24-26-39(57)32-37/h5-10,12,15-22,27-30,33-34,36-40H,4,11,13-14,23-26,31-32,35H2,1-3H3. The Labute approximate surface area is 351 Å². The monoisotopic (exact) mass is 767 g/mol. The molecule has 4 bridgehead atoms. The highest BCUT2D eigenvalue weighted by Gasteiger charge is 2.57. The Morgan fingerprint density at radius 3 is 1.93 bits per heavy atom. The molecule has 0 aromatic heterocycles. The third-order valence-corrected chi connectivity index (χ3v) is 17.9. The van der Waals surface area contributed by atoms with Crippen LogP contribution < -0.4 is 4.90 Å². The molecule has 59 heavy (non-hydrogen) atoms. The van der Waals surface area contributed by atoms with Crippen molar-refractivity contribution in [2.75, 3.05) is 4.90 Å². The predicted octanol–water partition coefficient (Wildman–Crippen LogP) is 15.4. The Morgan fingerprint density at radius 1 is 0.508 bits per heavy atom. The van der Waals surface area contributed by atoms with Crippen LogP contribution in [0.25, 0.3) is 33.4 Å². The maximum Gasteiger partial charge on any atom is 0.0508 e. The van der Waals surface area contributed by atoms with Gasteiger partial charge in [0, 0.05) is 27.6 Å². The van der Waals surface area contributed by atoms with E-state index in [2.05, 4.69) is 153 Å². The summed E-state index contributed by atoms with van der Waals surface area (Å²) < 4.78 is 0. The molecule has 0 heterocycles. The first kappa shape index (κ1) is 34.9. The van der Waals surface area contributed by atoms with Crippen molar-refractivity contribution in [3.05, 3.63) is 161 Å². The number of benzene rings is 6. The minimum absolute atomic E-state index is 0.0523. The second-order valence-electron chi connectivity index (χ2n) is 20.6. The van der Waals surface area contributed by atoms with Gasteiger partial charge in [0.1, 0.15) is 0 Å². The largest absolute Gasteiger partial charge is 0.310 e. The molecule has 2 spiro atoms. The van der Waals surface area contributed by atoms with Crippen LogP contribution in [0.1, 0.15) is 125 Å². The van der Waals surface area contributed by atoms with E-state index < -0.39 is 0 Å². The summed E-state index contributed by atoms with van der Waals surface area (Å²) in [5.41, 5.74) is 22.0. The van der Waals surface area contributed by atoms with Crippen molar-refractivity contribution in [2.45, 2.75) is 108 Å². The highest BCUT2D eigenvalue weighted by Crippen LogP contribution is 2.67. The SMILES string of the molecule is CCC1CCC2CCCC(C2)C12c1ccccc1-c1ccc(N(c3ccc4c(c3)-c3ccccc3C43CC4CCC3C4)c3cccc4c3C(C)(C)c3ccccc3-4)cc12. The minimum atomic E-state index is -0.142. The van der Waals surface area contributed by atoms with Crippen LogP contribution in [-0.2, 0) is 16.2 Å². The molecule has 13 rings (SSSR count). The molecule has 7 aliphatic carbocycles. The Morgan fingerprint density at radius 2 is 1.15 bits per heavy atom. The average Bonchev–Trinajstić information content (AvgIpc) is 4.06. The maximum absolute atomic E-state index is 2.72. The Balaban J connectivity index is 1.07. The smallest absolute Gasteiger partial charge is 0.0508 e. The van der Waals surface area contributed by atoms with E-state index in [-0.39, 0.29) is 16.2 Å². The van der Waals surface area contributed by atoms with E-state index in [1.165, 1.54) is 132 Å². The molecule has 0 radical (unpaired) electrons. The quantitative estimate of drug-likeness (QED) is 0.173. The van der Waals surface area contributed by atoms with E-state index in [0.29, 0.717) is 11.8 Å². The number of hydrogen-bond acceptors (Lipinski definition) is 1. The summed E-state index contributed by atoms with van der Waals surface area (Å²) in [6.45, 7) is 7.42. The van der Waals surface area contributed by atoms with Crippen LogP contribution in [-0.4, -0.2) is 0 Å². The van der Waals surface area contributed by atoms with Gasteiger partial charge in [-0.05, 0) is 165 Å². The Hall–Kier alpha value is -4.88. The van der Waals surface area contributed by atoms with Gasteiger partial charge in [0.2, 0.25) is 0 Å². The minimum Gasteiger partial charge on any atom is -0.310 e. The molecule has 0 saturated heterocycles. The van der Waals surface area contributed by atoms with Crippen LogP contribution in [0.5, 0.6) is 0 Å². The van der Waals surface area contributed by atoms with Gasteiger partial charge in [0.25, 0.3) is 0 Å². The van der Waals surface area contributed by atoms with Crippen LogP contribution in [0, 0.1) is 29.6 Å². The van der Waals surface area contributed by atoms with Gasteiger partial charge in [-0.15, -0.1) is 0 Å². The second-order valence-corrected chi connectivity index (χ2v) is 20.6. The molecule has 4 fully saturated rings. The molecule has 1 nitrogen and oxygen atoms in total. The third kappa shape index (κ3) is 4.42. The second kappa shape index (κ2) is 12.3. The van der Waals surface area contributed by atoms with Crippen molar-refractivity contribution in [3.8, 4) is 33.4 Å². The van der Waals surface area contributed by atoms with Crippen molar-refractivity contribution in [1.82, 2.24) is 0 Å². The summed E-state index contributed by atoms with van der Waals surface area (Å²) in [4.78, 5) is 2.71. The molecule has 0 N–H and O–H groups in total. The molecule has 7 atom stereocenters. The van der Waals surface area contributed by atoms with Gasteiger partial charge in [0.15, 0.2) is 0 Å². The van der Waals surface area contributed by atoms with Gasteiger partial charge in [-0.3, -0.25) is 0 Å². The van der Waals surface area contributed by atoms with Crippen LogP contribution >= 0.6 is 0 Å². The lowest BCUT2D eigenvalue weighted by Crippen LogP contribution is -2.42. The van der Waals surface area contributed by atoms with E-state index in [1.54, 1.807) is 22.3 Å². The zero-order valence-corrected chi connectivity index (χ0v) is 35.2. The summed E-state index contributed by atoms with van der Waals surface area (Å²) in [6, 6.07) is 51.0. The van der Waals surface area contributed by atoms with Crippen LogP contribution in [0.15, 0.2) is 127 Å². The molecule has 6 aromatic rings. The van der Waals surface area contributed by atoms with E-state index >= 15 is 0 Å². The van der Waals surface area contributed by atoms with E-state index in [0.717, 1.165) is 17.8 Å². The fourth-order valence-electron chi connectivity index (χ4n) is 15.8. The van der Waals surface area contributed by atoms with Crippen LogP contribution in [0.2, 0.25) is 0 Å². The number of rotatable bonds is 4. The zero-order chi connectivity index (χ0) is 39.3. The Kier molecular flexibility index (Phi) is 7.31. The molecule has 6 aromatic carbocycles. The summed E-state index contributed by atoms with van der Waals surface area (Å²) >= 11 is 0. The van der Waals surface area contributed by atoms with Gasteiger partial charge in [-0.2, -0.15) is 0 Å². The fraction of sp³-hybridized carbons (Fsp3) is 0.379. The van der Waals surface area contributed by atoms with E-state index in [9.17, 15) is 0 Å². The molecule has 4 saturated carbocycles. The first-order valence-electron chi connectivity index (χ1n) is 23.4. The van der Waals surface area contributed by atoms with E-state index in [4.69, 9.17) is 0 Å². The van der Waals surface area contributed by atoms with E-state index in [1.807, 2.05) is 0 Å². The third-order valence-electron chi connectivity index (χ3n) is 17.9.